The quantitative estimate of drug-likeness (QED) is 0.809. The van der Waals surface area contributed by atoms with Gasteiger partial charge in [-0.25, -0.2) is 4.79 Å². The standard InChI is InChI=1S/C19H19N3O2/c20-12-10-14-5-7-16(8-6-14)21-18(24)22-19(13-23)11-9-15-3-1-2-4-17(15)19/h1-8,23H,9-11,13H2,(H2,21,22,24). The van der Waals surface area contributed by atoms with Gasteiger partial charge < -0.3 is 15.7 Å². The Balaban J connectivity index is 1.71. The van der Waals surface area contributed by atoms with Gasteiger partial charge in [0.15, 0.2) is 0 Å². The van der Waals surface area contributed by atoms with Gasteiger partial charge in [0.05, 0.1) is 24.6 Å². The third-order valence-corrected chi connectivity index (χ3v) is 4.47. The first-order valence-electron chi connectivity index (χ1n) is 7.91. The molecule has 2 amide bonds. The highest BCUT2D eigenvalue weighted by Gasteiger charge is 2.39. The van der Waals surface area contributed by atoms with Crippen LogP contribution in [0.1, 0.15) is 23.1 Å². The number of aliphatic hydroxyl groups is 1. The van der Waals surface area contributed by atoms with E-state index in [1.54, 1.807) is 12.1 Å². The summed E-state index contributed by atoms with van der Waals surface area (Å²) >= 11 is 0. The van der Waals surface area contributed by atoms with Crippen LogP contribution in [0.2, 0.25) is 0 Å². The first kappa shape index (κ1) is 16.0. The van der Waals surface area contributed by atoms with Crippen LogP contribution in [0.3, 0.4) is 0 Å². The minimum Gasteiger partial charge on any atom is -0.394 e. The van der Waals surface area contributed by atoms with Crippen LogP contribution in [0.25, 0.3) is 0 Å². The van der Waals surface area contributed by atoms with E-state index in [0.717, 1.165) is 23.1 Å². The van der Waals surface area contributed by atoms with Crippen LogP contribution in [0.5, 0.6) is 0 Å². The van der Waals surface area contributed by atoms with Crippen molar-refractivity contribution < 1.29 is 9.90 Å². The maximum Gasteiger partial charge on any atom is 0.320 e. The Morgan fingerprint density at radius 1 is 1.21 bits per heavy atom. The largest absolute Gasteiger partial charge is 0.394 e. The summed E-state index contributed by atoms with van der Waals surface area (Å²) in [6, 6.07) is 16.8. The molecule has 1 unspecified atom stereocenters. The Kier molecular flexibility index (Phi) is 4.50. The number of nitrogens with one attached hydrogen (secondary N) is 2. The number of aryl methyl sites for hydroxylation is 1. The van der Waals surface area contributed by atoms with Crippen molar-refractivity contribution in [3.05, 3.63) is 65.2 Å². The summed E-state index contributed by atoms with van der Waals surface area (Å²) in [5, 5.41) is 24.3. The second kappa shape index (κ2) is 6.73. The van der Waals surface area contributed by atoms with Crippen molar-refractivity contribution in [3.8, 4) is 6.07 Å². The molecule has 1 aliphatic carbocycles. The molecular weight excluding hydrogens is 302 g/mol. The molecule has 1 aliphatic rings. The lowest BCUT2D eigenvalue weighted by atomic mass is 9.93. The predicted octanol–water partition coefficient (Wildman–Crippen LogP) is 2.71. The van der Waals surface area contributed by atoms with E-state index >= 15 is 0 Å². The van der Waals surface area contributed by atoms with Crippen LogP contribution in [-0.2, 0) is 18.4 Å². The van der Waals surface area contributed by atoms with Gasteiger partial charge in [-0.15, -0.1) is 0 Å². The van der Waals surface area contributed by atoms with Crippen molar-refractivity contribution in [2.24, 2.45) is 0 Å². The summed E-state index contributed by atoms with van der Waals surface area (Å²) in [6.07, 6.45) is 1.86. The second-order valence-corrected chi connectivity index (χ2v) is 6.01. The van der Waals surface area contributed by atoms with Gasteiger partial charge in [0.1, 0.15) is 0 Å². The summed E-state index contributed by atoms with van der Waals surface area (Å²) in [7, 11) is 0. The highest BCUT2D eigenvalue weighted by atomic mass is 16.3. The highest BCUT2D eigenvalue weighted by molar-refractivity contribution is 5.90. The number of hydrogen-bond donors (Lipinski definition) is 3. The van der Waals surface area contributed by atoms with E-state index in [9.17, 15) is 9.90 Å². The molecule has 0 heterocycles. The number of aliphatic hydroxyl groups excluding tert-OH is 1. The summed E-state index contributed by atoms with van der Waals surface area (Å²) in [4.78, 5) is 12.4. The van der Waals surface area contributed by atoms with Gasteiger partial charge in [-0.05, 0) is 41.7 Å². The number of urea groups is 1. The lowest BCUT2D eigenvalue weighted by Crippen LogP contribution is -2.48. The van der Waals surface area contributed by atoms with E-state index in [1.165, 1.54) is 0 Å². The number of carbonyl (C=O) groups excluding carboxylic acids is 1. The molecule has 0 bridgehead atoms. The van der Waals surface area contributed by atoms with Crippen molar-refractivity contribution in [1.29, 1.82) is 5.26 Å². The molecule has 0 saturated carbocycles. The third kappa shape index (κ3) is 3.10. The van der Waals surface area contributed by atoms with E-state index in [4.69, 9.17) is 5.26 Å². The van der Waals surface area contributed by atoms with Crippen molar-refractivity contribution >= 4 is 11.7 Å². The smallest absolute Gasteiger partial charge is 0.320 e. The molecule has 0 aromatic heterocycles. The van der Waals surface area contributed by atoms with Gasteiger partial charge in [0.2, 0.25) is 0 Å². The Morgan fingerprint density at radius 2 is 1.96 bits per heavy atom. The number of rotatable bonds is 4. The molecule has 0 fully saturated rings. The molecule has 122 valence electrons. The minimum atomic E-state index is -0.735. The second-order valence-electron chi connectivity index (χ2n) is 6.01. The molecular formula is C19H19N3O2. The Bertz CT molecular complexity index is 780. The SMILES string of the molecule is N#CCc1ccc(NC(=O)NC2(CO)CCc3ccccc32)cc1. The predicted molar refractivity (Wildman–Crippen MR) is 91.4 cm³/mol. The molecule has 24 heavy (non-hydrogen) atoms. The Morgan fingerprint density at radius 3 is 2.67 bits per heavy atom. The number of hydrogen-bond acceptors (Lipinski definition) is 3. The fourth-order valence-electron chi connectivity index (χ4n) is 3.20. The molecule has 0 saturated heterocycles. The average molecular weight is 321 g/mol. The lowest BCUT2D eigenvalue weighted by molar-refractivity contribution is 0.164. The summed E-state index contributed by atoms with van der Waals surface area (Å²) in [5.41, 5.74) is 2.95. The number of carbonyl (C=O) groups is 1. The van der Waals surface area contributed by atoms with Gasteiger partial charge in [-0.2, -0.15) is 5.26 Å². The van der Waals surface area contributed by atoms with Gasteiger partial charge in [0.25, 0.3) is 0 Å². The fraction of sp³-hybridized carbons (Fsp3) is 0.263. The zero-order valence-corrected chi connectivity index (χ0v) is 13.2. The molecule has 3 rings (SSSR count). The molecule has 0 radical (unpaired) electrons. The van der Waals surface area contributed by atoms with E-state index < -0.39 is 5.54 Å². The zero-order valence-electron chi connectivity index (χ0n) is 13.2. The Hall–Kier alpha value is -2.84. The molecule has 5 nitrogen and oxygen atoms in total. The first-order valence-corrected chi connectivity index (χ1v) is 7.91. The molecule has 0 aliphatic heterocycles. The maximum absolute atomic E-state index is 12.4. The summed E-state index contributed by atoms with van der Waals surface area (Å²) < 4.78 is 0. The number of anilines is 1. The highest BCUT2D eigenvalue weighted by Crippen LogP contribution is 2.36. The topological polar surface area (TPSA) is 85.2 Å². The van der Waals surface area contributed by atoms with Crippen LogP contribution < -0.4 is 10.6 Å². The number of amides is 2. The van der Waals surface area contributed by atoms with Crippen LogP contribution >= 0.6 is 0 Å². The molecule has 0 spiro atoms. The van der Waals surface area contributed by atoms with E-state index in [2.05, 4.69) is 16.7 Å². The van der Waals surface area contributed by atoms with Crippen molar-refractivity contribution in [2.45, 2.75) is 24.8 Å². The van der Waals surface area contributed by atoms with Gasteiger partial charge in [-0.3, -0.25) is 0 Å². The van der Waals surface area contributed by atoms with Gasteiger partial charge >= 0.3 is 6.03 Å². The van der Waals surface area contributed by atoms with Crippen molar-refractivity contribution in [1.82, 2.24) is 5.32 Å². The molecule has 3 N–H and O–H groups in total. The van der Waals surface area contributed by atoms with Gasteiger partial charge in [-0.1, -0.05) is 36.4 Å². The van der Waals surface area contributed by atoms with Crippen LogP contribution in [0, 0.1) is 11.3 Å². The number of nitrogens with zero attached hydrogens (tertiary/aromatic N) is 1. The first-order chi connectivity index (χ1) is 11.7. The van der Waals surface area contributed by atoms with Crippen LogP contribution in [0.15, 0.2) is 48.5 Å². The number of benzene rings is 2. The minimum absolute atomic E-state index is 0.140. The molecule has 2 aromatic rings. The molecule has 1 atom stereocenters. The van der Waals surface area contributed by atoms with E-state index in [-0.39, 0.29) is 12.6 Å². The normalized spacial score (nSPS) is 18.5. The summed E-state index contributed by atoms with van der Waals surface area (Å²) in [5.74, 6) is 0. The maximum atomic E-state index is 12.4. The lowest BCUT2D eigenvalue weighted by Gasteiger charge is -2.29. The van der Waals surface area contributed by atoms with Crippen LogP contribution in [-0.4, -0.2) is 17.7 Å². The number of fused-ring (bicyclic) bond motifs is 1. The zero-order chi connectivity index (χ0) is 17.0. The average Bonchev–Trinajstić information content (AvgIpc) is 2.96. The fourth-order valence-corrected chi connectivity index (χ4v) is 3.20. The Labute approximate surface area is 140 Å². The van der Waals surface area contributed by atoms with Crippen molar-refractivity contribution in [3.63, 3.8) is 0 Å². The van der Waals surface area contributed by atoms with Crippen molar-refractivity contribution in [2.75, 3.05) is 11.9 Å². The van der Waals surface area contributed by atoms with E-state index in [0.29, 0.717) is 18.5 Å². The molecule has 5 heteroatoms. The third-order valence-electron chi connectivity index (χ3n) is 4.47. The van der Waals surface area contributed by atoms with Gasteiger partial charge in [0, 0.05) is 5.69 Å². The number of nitriles is 1. The van der Waals surface area contributed by atoms with Crippen LogP contribution in [0.4, 0.5) is 10.5 Å². The summed E-state index contributed by atoms with van der Waals surface area (Å²) in [6.45, 7) is -0.140. The van der Waals surface area contributed by atoms with E-state index in [1.807, 2.05) is 36.4 Å². The molecule has 2 aromatic carbocycles. The monoisotopic (exact) mass is 321 g/mol.